The Kier molecular flexibility index (Phi) is 10.4. The molecular weight excluding hydrogens is 542 g/mol. The van der Waals surface area contributed by atoms with Crippen molar-refractivity contribution in [1.82, 2.24) is 15.5 Å². The van der Waals surface area contributed by atoms with Crippen LogP contribution in [0.5, 0.6) is 11.5 Å². The zero-order valence-corrected chi connectivity index (χ0v) is 25.5. The second kappa shape index (κ2) is 13.6. The summed E-state index contributed by atoms with van der Waals surface area (Å²) in [7, 11) is 5.83. The zero-order chi connectivity index (χ0) is 31.2. The van der Waals surface area contributed by atoms with Crippen LogP contribution in [0.3, 0.4) is 0 Å². The molecule has 2 N–H and O–H groups in total. The molecular formula is C31H41N3O8. The van der Waals surface area contributed by atoms with Crippen molar-refractivity contribution in [3.05, 3.63) is 47.5 Å². The Morgan fingerprint density at radius 1 is 0.905 bits per heavy atom. The van der Waals surface area contributed by atoms with Gasteiger partial charge in [0.1, 0.15) is 35.2 Å². The molecule has 0 saturated carbocycles. The molecule has 0 spiro atoms. The van der Waals surface area contributed by atoms with Crippen LogP contribution in [0.15, 0.2) is 36.4 Å². The molecule has 2 aromatic rings. The van der Waals surface area contributed by atoms with Gasteiger partial charge in [-0.3, -0.25) is 14.5 Å². The maximum absolute atomic E-state index is 13.8. The van der Waals surface area contributed by atoms with Gasteiger partial charge in [-0.15, -0.1) is 0 Å². The molecule has 0 unspecified atom stereocenters. The van der Waals surface area contributed by atoms with E-state index in [0.29, 0.717) is 41.9 Å². The van der Waals surface area contributed by atoms with Crippen LogP contribution in [-0.4, -0.2) is 74.8 Å². The lowest BCUT2D eigenvalue weighted by Crippen LogP contribution is -2.53. The highest BCUT2D eigenvalue weighted by atomic mass is 16.6. The third-order valence-electron chi connectivity index (χ3n) is 6.92. The normalized spacial score (nSPS) is 19.6. The van der Waals surface area contributed by atoms with Gasteiger partial charge in [0.2, 0.25) is 11.8 Å². The monoisotopic (exact) mass is 583 g/mol. The minimum atomic E-state index is -1.18. The lowest BCUT2D eigenvalue weighted by Gasteiger charge is -2.31. The predicted octanol–water partition coefficient (Wildman–Crippen LogP) is 3.78. The molecule has 11 nitrogen and oxygen atoms in total. The van der Waals surface area contributed by atoms with Gasteiger partial charge in [-0.25, -0.2) is 9.59 Å². The number of benzene rings is 2. The molecule has 1 aliphatic heterocycles. The molecule has 0 aromatic heterocycles. The number of methoxy groups -OCH3 is 3. The number of nitrogens with zero attached hydrogens (tertiary/aromatic N) is 1. The standard InChI is InChI=1S/C31H41N3O8/c1-18-27(35)33-23(29(37)41-8)11-9-10-19-12-14-24(39-6)21(16-19)22-17-20(13-15-25(22)40-7)26(28(36)32-18)34(5)30(38)42-31(2,3)4/h12-18,23,26H,9-11H2,1-8H3,(H,32,36)(H,33,35)/t18-,23-,26-/m0/s1. The summed E-state index contributed by atoms with van der Waals surface area (Å²) in [4.78, 5) is 53.7. The van der Waals surface area contributed by atoms with Gasteiger partial charge in [0.15, 0.2) is 0 Å². The van der Waals surface area contributed by atoms with Crippen LogP contribution in [-0.2, 0) is 30.3 Å². The van der Waals surface area contributed by atoms with Gasteiger partial charge in [-0.05, 0) is 82.3 Å². The van der Waals surface area contributed by atoms with E-state index >= 15 is 0 Å². The van der Waals surface area contributed by atoms with Crippen molar-refractivity contribution in [2.45, 2.75) is 70.7 Å². The number of fused-ring (bicyclic) bond motifs is 5. The minimum absolute atomic E-state index is 0.323. The summed E-state index contributed by atoms with van der Waals surface area (Å²) in [6.45, 7) is 6.69. The van der Waals surface area contributed by atoms with Gasteiger partial charge in [-0.2, -0.15) is 0 Å². The fraction of sp³-hybridized carbons (Fsp3) is 0.484. The molecule has 0 saturated heterocycles. The Labute approximate surface area is 246 Å². The maximum Gasteiger partial charge on any atom is 0.410 e. The number of hydrogen-bond acceptors (Lipinski definition) is 8. The highest BCUT2D eigenvalue weighted by Gasteiger charge is 2.34. The molecule has 228 valence electrons. The molecule has 0 radical (unpaired) electrons. The summed E-state index contributed by atoms with van der Waals surface area (Å²) < 4.78 is 21.8. The summed E-state index contributed by atoms with van der Waals surface area (Å²) in [6.07, 6.45) is 0.783. The van der Waals surface area contributed by atoms with E-state index in [1.165, 1.54) is 26.0 Å². The van der Waals surface area contributed by atoms with Gasteiger partial charge in [0, 0.05) is 18.2 Å². The van der Waals surface area contributed by atoms with E-state index in [1.54, 1.807) is 53.2 Å². The minimum Gasteiger partial charge on any atom is -0.496 e. The third-order valence-corrected chi connectivity index (χ3v) is 6.92. The SMILES string of the molecule is COC(=O)[C@@H]1CCCc2ccc(OC)c(c2)-c2cc(ccc2OC)[C@H](N(C)C(=O)OC(C)(C)C)C(=O)N[C@@H](C)C(=O)N1. The molecule has 3 atom stereocenters. The number of ether oxygens (including phenoxy) is 4. The fourth-order valence-electron chi connectivity index (χ4n) is 4.77. The van der Waals surface area contributed by atoms with Crippen molar-refractivity contribution in [2.75, 3.05) is 28.4 Å². The van der Waals surface area contributed by atoms with Gasteiger partial charge >= 0.3 is 12.1 Å². The zero-order valence-electron chi connectivity index (χ0n) is 25.5. The molecule has 2 aromatic carbocycles. The first-order valence-corrected chi connectivity index (χ1v) is 13.8. The molecule has 1 heterocycles. The van der Waals surface area contributed by atoms with Crippen LogP contribution < -0.4 is 20.1 Å². The number of amides is 3. The number of esters is 1. The Hall–Kier alpha value is -4.28. The first kappa shape index (κ1) is 32.2. The Bertz CT molecular complexity index is 1320. The largest absolute Gasteiger partial charge is 0.496 e. The van der Waals surface area contributed by atoms with Crippen LogP contribution in [0.1, 0.15) is 57.7 Å². The number of rotatable bonds is 4. The summed E-state index contributed by atoms with van der Waals surface area (Å²) in [5, 5.41) is 5.39. The summed E-state index contributed by atoms with van der Waals surface area (Å²) >= 11 is 0. The van der Waals surface area contributed by atoms with Crippen molar-refractivity contribution >= 4 is 23.9 Å². The molecule has 0 aliphatic carbocycles. The number of aryl methyl sites for hydroxylation is 1. The smallest absolute Gasteiger partial charge is 0.410 e. The lowest BCUT2D eigenvalue weighted by atomic mass is 9.94. The Morgan fingerprint density at radius 2 is 1.52 bits per heavy atom. The molecule has 3 amide bonds. The molecule has 3 rings (SSSR count). The summed E-state index contributed by atoms with van der Waals surface area (Å²) in [5.41, 5.74) is 1.99. The highest BCUT2D eigenvalue weighted by Crippen LogP contribution is 2.39. The van der Waals surface area contributed by atoms with E-state index in [1.807, 2.05) is 18.2 Å². The Morgan fingerprint density at radius 3 is 2.12 bits per heavy atom. The van der Waals surface area contributed by atoms with Crippen molar-refractivity contribution < 1.29 is 38.1 Å². The first-order chi connectivity index (χ1) is 19.8. The third kappa shape index (κ3) is 7.71. The molecule has 11 heteroatoms. The quantitative estimate of drug-likeness (QED) is 0.520. The van der Waals surface area contributed by atoms with E-state index in [-0.39, 0.29) is 0 Å². The topological polar surface area (TPSA) is 132 Å². The predicted molar refractivity (Wildman–Crippen MR) is 156 cm³/mol. The van der Waals surface area contributed by atoms with E-state index < -0.39 is 47.6 Å². The van der Waals surface area contributed by atoms with Gasteiger partial charge < -0.3 is 29.6 Å². The summed E-state index contributed by atoms with van der Waals surface area (Å²) in [5.74, 6) is -0.644. The van der Waals surface area contributed by atoms with Crippen LogP contribution >= 0.6 is 0 Å². The van der Waals surface area contributed by atoms with Gasteiger partial charge in [0.25, 0.3) is 0 Å². The van der Waals surface area contributed by atoms with E-state index in [0.717, 1.165) is 11.1 Å². The van der Waals surface area contributed by atoms with Gasteiger partial charge in [0.05, 0.1) is 21.3 Å². The van der Waals surface area contributed by atoms with Crippen LogP contribution in [0.2, 0.25) is 0 Å². The van der Waals surface area contributed by atoms with Crippen LogP contribution in [0, 0.1) is 0 Å². The second-order valence-electron chi connectivity index (χ2n) is 11.2. The fourth-order valence-corrected chi connectivity index (χ4v) is 4.77. The first-order valence-electron chi connectivity index (χ1n) is 13.8. The van der Waals surface area contributed by atoms with Crippen molar-refractivity contribution in [1.29, 1.82) is 0 Å². The molecule has 4 bridgehead atoms. The van der Waals surface area contributed by atoms with Crippen LogP contribution in [0.4, 0.5) is 4.79 Å². The maximum atomic E-state index is 13.8. The van der Waals surface area contributed by atoms with E-state index in [2.05, 4.69) is 10.6 Å². The highest BCUT2D eigenvalue weighted by molar-refractivity contribution is 5.93. The lowest BCUT2D eigenvalue weighted by molar-refractivity contribution is -0.145. The van der Waals surface area contributed by atoms with Crippen molar-refractivity contribution in [2.24, 2.45) is 0 Å². The Balaban J connectivity index is 2.21. The average Bonchev–Trinajstić information content (AvgIpc) is 2.94. The number of carbonyl (C=O) groups is 4. The number of carbonyl (C=O) groups excluding carboxylic acids is 4. The number of likely N-dealkylation sites (N-methyl/N-ethyl adjacent to an activating group) is 1. The van der Waals surface area contributed by atoms with E-state index in [4.69, 9.17) is 18.9 Å². The molecule has 0 fully saturated rings. The number of nitrogens with one attached hydrogen (secondary N) is 2. The number of hydrogen-bond donors (Lipinski definition) is 2. The average molecular weight is 584 g/mol. The van der Waals surface area contributed by atoms with Crippen LogP contribution in [0.25, 0.3) is 11.1 Å². The van der Waals surface area contributed by atoms with Crippen molar-refractivity contribution in [3.8, 4) is 22.6 Å². The summed E-state index contributed by atoms with van der Waals surface area (Å²) in [6, 6.07) is 7.81. The molecule has 42 heavy (non-hydrogen) atoms. The molecule has 1 aliphatic rings. The van der Waals surface area contributed by atoms with Gasteiger partial charge in [-0.1, -0.05) is 12.1 Å². The van der Waals surface area contributed by atoms with Crippen molar-refractivity contribution in [3.63, 3.8) is 0 Å². The second-order valence-corrected chi connectivity index (χ2v) is 11.2. The van der Waals surface area contributed by atoms with E-state index in [9.17, 15) is 19.2 Å².